The fraction of sp³-hybridized carbons (Fsp3) is 0.229. The van der Waals surface area contributed by atoms with Crippen LogP contribution in [0, 0.1) is 20.8 Å². The van der Waals surface area contributed by atoms with Crippen LogP contribution in [0.3, 0.4) is 0 Å². The number of hydrogen-bond acceptors (Lipinski definition) is 1. The first-order valence-corrected chi connectivity index (χ1v) is 14.5. The van der Waals surface area contributed by atoms with Crippen LogP contribution in [0.5, 0.6) is 5.75 Å². The maximum Gasteiger partial charge on any atom is 0.737 e. The molecule has 1 aromatic heterocycles. The molecule has 0 amide bonds. The molecule has 0 atom stereocenters. The predicted octanol–water partition coefficient (Wildman–Crippen LogP) is 7.66. The summed E-state index contributed by atoms with van der Waals surface area (Å²) in [5, 5.41) is 10.4. The first-order valence-electron chi connectivity index (χ1n) is 14.5. The highest BCUT2D eigenvalue weighted by Crippen LogP contribution is 2.52. The Morgan fingerprint density at radius 1 is 0.780 bits per heavy atom. The monoisotopic (exact) mass is 544 g/mol. The number of benzene rings is 3. The molecule has 2 aliphatic heterocycles. The standard InChI is InChI=1S/C35H31BF2N2O/c1-19-17-25(41)18-20(2)30(19)31-32-21(3)26-15-13-23-9-5-7-11-28(23)34(26)39(32)36(37,38)40-33(31)22(4)27-16-14-24-10-6-8-12-29(24)35(27)40/h5-12,17-18,41H,13-16H2,1-4H3. The van der Waals surface area contributed by atoms with Gasteiger partial charge in [-0.3, -0.25) is 0 Å². The Kier molecular flexibility index (Phi) is 4.91. The van der Waals surface area contributed by atoms with Crippen LogP contribution in [-0.2, 0) is 19.3 Å². The fourth-order valence-corrected chi connectivity index (χ4v) is 8.21. The maximum absolute atomic E-state index is 17.7. The quantitative estimate of drug-likeness (QED) is 0.245. The van der Waals surface area contributed by atoms with Crippen molar-refractivity contribution in [3.05, 3.63) is 128 Å². The molecule has 1 N–H and O–H groups in total. The van der Waals surface area contributed by atoms with Crippen molar-refractivity contribution < 1.29 is 18.2 Å². The number of halogens is 2. The van der Waals surface area contributed by atoms with E-state index in [1.165, 1.54) is 8.96 Å². The van der Waals surface area contributed by atoms with Crippen LogP contribution in [0.15, 0.2) is 77.5 Å². The van der Waals surface area contributed by atoms with Gasteiger partial charge in [0.05, 0.1) is 5.57 Å². The zero-order valence-corrected chi connectivity index (χ0v) is 23.8. The van der Waals surface area contributed by atoms with Crippen LogP contribution in [0.25, 0.3) is 16.8 Å². The van der Waals surface area contributed by atoms with Gasteiger partial charge in [-0.1, -0.05) is 42.5 Å². The van der Waals surface area contributed by atoms with E-state index in [4.69, 9.17) is 0 Å². The van der Waals surface area contributed by atoms with Gasteiger partial charge in [-0.2, -0.15) is 0 Å². The van der Waals surface area contributed by atoms with Gasteiger partial charge in [0.2, 0.25) is 0 Å². The molecule has 0 saturated carbocycles. The van der Waals surface area contributed by atoms with Gasteiger partial charge in [-0.05, 0) is 116 Å². The molecule has 2 aliphatic carbocycles. The van der Waals surface area contributed by atoms with E-state index >= 15 is 8.63 Å². The summed E-state index contributed by atoms with van der Waals surface area (Å²) in [6.45, 7) is 3.76. The molecule has 0 unspecified atom stereocenters. The van der Waals surface area contributed by atoms with E-state index in [2.05, 4.69) is 12.1 Å². The molecule has 0 fully saturated rings. The van der Waals surface area contributed by atoms with Crippen molar-refractivity contribution in [1.82, 2.24) is 4.48 Å². The molecule has 0 spiro atoms. The molecule has 3 heterocycles. The number of aryl methyl sites for hydroxylation is 4. The second-order valence-electron chi connectivity index (χ2n) is 12.1. The van der Waals surface area contributed by atoms with Crippen LogP contribution in [0.2, 0.25) is 0 Å². The van der Waals surface area contributed by atoms with Crippen molar-refractivity contribution in [2.24, 2.45) is 0 Å². The lowest BCUT2D eigenvalue weighted by atomic mass is 9.81. The van der Waals surface area contributed by atoms with Crippen LogP contribution in [0.4, 0.5) is 8.63 Å². The van der Waals surface area contributed by atoms with E-state index in [0.717, 1.165) is 92.5 Å². The van der Waals surface area contributed by atoms with Gasteiger partial charge in [-0.25, -0.2) is 0 Å². The summed E-state index contributed by atoms with van der Waals surface area (Å²) in [5.74, 6) is 0.190. The lowest BCUT2D eigenvalue weighted by molar-refractivity contribution is -0.362. The Bertz CT molecular complexity index is 1950. The van der Waals surface area contributed by atoms with Crippen molar-refractivity contribution in [3.63, 3.8) is 0 Å². The number of allylic oxidation sites excluding steroid dienone is 2. The van der Waals surface area contributed by atoms with Crippen molar-refractivity contribution in [2.75, 3.05) is 0 Å². The first-order chi connectivity index (χ1) is 19.7. The van der Waals surface area contributed by atoms with E-state index in [-0.39, 0.29) is 5.75 Å². The Labute approximate surface area is 238 Å². The van der Waals surface area contributed by atoms with Gasteiger partial charge in [-0.15, -0.1) is 0 Å². The molecular weight excluding hydrogens is 513 g/mol. The Balaban J connectivity index is 1.59. The Hall–Kier alpha value is -4.19. The Morgan fingerprint density at radius 2 is 1.39 bits per heavy atom. The molecule has 6 heteroatoms. The van der Waals surface area contributed by atoms with Gasteiger partial charge >= 0.3 is 6.97 Å². The van der Waals surface area contributed by atoms with Gasteiger partial charge in [0.1, 0.15) is 5.75 Å². The van der Waals surface area contributed by atoms with Crippen LogP contribution < -0.4 is 0 Å². The lowest BCUT2D eigenvalue weighted by Gasteiger charge is -2.36. The Morgan fingerprint density at radius 3 is 2.10 bits per heavy atom. The van der Waals surface area contributed by atoms with Gasteiger partial charge in [0.25, 0.3) is 0 Å². The summed E-state index contributed by atoms with van der Waals surface area (Å²) < 4.78 is 38.2. The molecule has 41 heavy (non-hydrogen) atoms. The van der Waals surface area contributed by atoms with Gasteiger partial charge in [0, 0.05) is 28.1 Å². The number of aromatic nitrogens is 1. The highest BCUT2D eigenvalue weighted by molar-refractivity contribution is 6.59. The number of fused-ring (bicyclic) bond motifs is 9. The highest BCUT2D eigenvalue weighted by atomic mass is 19.2. The van der Waals surface area contributed by atoms with Gasteiger partial charge < -0.3 is 22.7 Å². The SMILES string of the molecule is CC1=C2CCc3ccccc3C2=[N+]2C1=C(c1c(C)cc(O)cc1C)c1c(C)c3c(n1[B-]2(F)F)-c1ccccc1CC3. The van der Waals surface area contributed by atoms with Crippen LogP contribution in [-0.4, -0.2) is 26.8 Å². The van der Waals surface area contributed by atoms with Crippen LogP contribution in [0.1, 0.15) is 63.5 Å². The molecule has 3 nitrogen and oxygen atoms in total. The molecular formula is C35H31BF2N2O. The van der Waals surface area contributed by atoms with E-state index in [0.29, 0.717) is 22.8 Å². The predicted molar refractivity (Wildman–Crippen MR) is 161 cm³/mol. The molecule has 3 aromatic carbocycles. The van der Waals surface area contributed by atoms with Crippen molar-refractivity contribution in [1.29, 1.82) is 0 Å². The summed E-state index contributed by atoms with van der Waals surface area (Å²) in [6.07, 6.45) is 3.15. The third-order valence-corrected chi connectivity index (χ3v) is 9.85. The molecule has 4 aliphatic rings. The summed E-state index contributed by atoms with van der Waals surface area (Å²) >= 11 is 0. The largest absolute Gasteiger partial charge is 0.737 e. The van der Waals surface area contributed by atoms with E-state index in [1.807, 2.05) is 64.1 Å². The minimum atomic E-state index is -4.24. The fourth-order valence-electron chi connectivity index (χ4n) is 8.21. The van der Waals surface area contributed by atoms with Crippen molar-refractivity contribution >= 4 is 18.3 Å². The van der Waals surface area contributed by atoms with Gasteiger partial charge in [0.15, 0.2) is 11.4 Å². The van der Waals surface area contributed by atoms with Crippen LogP contribution >= 0.6 is 0 Å². The maximum atomic E-state index is 17.7. The third-order valence-electron chi connectivity index (χ3n) is 9.85. The number of aromatic hydroxyl groups is 1. The minimum absolute atomic E-state index is 0.190. The summed E-state index contributed by atoms with van der Waals surface area (Å²) in [7, 11) is 0. The molecule has 0 saturated heterocycles. The van der Waals surface area contributed by atoms with E-state index < -0.39 is 6.97 Å². The van der Waals surface area contributed by atoms with E-state index in [9.17, 15) is 5.11 Å². The molecule has 0 radical (unpaired) electrons. The van der Waals surface area contributed by atoms with Crippen molar-refractivity contribution in [2.45, 2.75) is 53.4 Å². The number of rotatable bonds is 1. The zero-order valence-electron chi connectivity index (χ0n) is 23.8. The molecule has 0 bridgehead atoms. The second-order valence-corrected chi connectivity index (χ2v) is 12.1. The number of phenols is 1. The smallest absolute Gasteiger partial charge is 0.508 e. The first kappa shape index (κ1) is 24.6. The average molecular weight is 544 g/mol. The molecule has 4 aromatic rings. The molecule has 8 rings (SSSR count). The zero-order chi connectivity index (χ0) is 28.4. The summed E-state index contributed by atoms with van der Waals surface area (Å²) in [4.78, 5) is 0. The van der Waals surface area contributed by atoms with Crippen molar-refractivity contribution in [3.8, 4) is 17.0 Å². The average Bonchev–Trinajstić information content (AvgIpc) is 3.43. The summed E-state index contributed by atoms with van der Waals surface area (Å²) in [6, 6.07) is 19.6. The number of nitrogens with zero attached hydrogens (tertiary/aromatic N) is 2. The summed E-state index contributed by atoms with van der Waals surface area (Å²) in [5.41, 5.74) is 14.0. The lowest BCUT2D eigenvalue weighted by Crippen LogP contribution is -2.52. The second kappa shape index (κ2) is 8.19. The minimum Gasteiger partial charge on any atom is -0.508 e. The van der Waals surface area contributed by atoms with E-state index in [1.54, 1.807) is 12.1 Å². The normalized spacial score (nSPS) is 18.1. The number of phenolic OH excluding ortho intramolecular Hbond substituents is 1. The topological polar surface area (TPSA) is 28.2 Å². The third kappa shape index (κ3) is 3.05. The highest BCUT2D eigenvalue weighted by Gasteiger charge is 2.59. The number of hydrogen-bond donors (Lipinski definition) is 1. The molecule has 204 valence electrons.